The summed E-state index contributed by atoms with van der Waals surface area (Å²) >= 11 is 0. The van der Waals surface area contributed by atoms with Crippen LogP contribution in [0.1, 0.15) is 17.0 Å². The van der Waals surface area contributed by atoms with Gasteiger partial charge in [0.1, 0.15) is 6.61 Å². The zero-order chi connectivity index (χ0) is 15.4. The number of rotatable bonds is 4. The minimum Gasteiger partial charge on any atom is -0.447 e. The Labute approximate surface area is 130 Å². The van der Waals surface area contributed by atoms with E-state index in [1.807, 2.05) is 36.4 Å². The van der Waals surface area contributed by atoms with Crippen LogP contribution in [-0.4, -0.2) is 23.6 Å². The normalized spacial score (nSPS) is 17.2. The Morgan fingerprint density at radius 2 is 1.64 bits per heavy atom. The topological polar surface area (TPSA) is 29.5 Å². The maximum Gasteiger partial charge on any atom is 0.414 e. The molecule has 1 saturated heterocycles. The predicted molar refractivity (Wildman–Crippen MR) is 85.4 cm³/mol. The van der Waals surface area contributed by atoms with E-state index in [-0.39, 0.29) is 18.1 Å². The predicted octanol–water partition coefficient (Wildman–Crippen LogP) is 3.94. The average molecular weight is 291 g/mol. The Hall–Kier alpha value is -2.77. The fourth-order valence-corrected chi connectivity index (χ4v) is 2.91. The highest BCUT2D eigenvalue weighted by Crippen LogP contribution is 2.34. The van der Waals surface area contributed by atoms with Crippen LogP contribution in [0.3, 0.4) is 0 Å². The summed E-state index contributed by atoms with van der Waals surface area (Å²) in [7, 11) is 0. The van der Waals surface area contributed by atoms with Crippen molar-refractivity contribution in [2.24, 2.45) is 0 Å². The van der Waals surface area contributed by atoms with Crippen molar-refractivity contribution in [3.8, 4) is 0 Å². The van der Waals surface area contributed by atoms with Crippen molar-refractivity contribution >= 4 is 6.09 Å². The van der Waals surface area contributed by atoms with E-state index in [1.165, 1.54) is 0 Å². The highest BCUT2D eigenvalue weighted by Gasteiger charge is 2.38. The minimum absolute atomic E-state index is 0.0402. The molecule has 1 fully saturated rings. The van der Waals surface area contributed by atoms with Crippen LogP contribution in [0.5, 0.6) is 0 Å². The Morgan fingerprint density at radius 3 is 2.14 bits per heavy atom. The Kier molecular flexibility index (Phi) is 4.08. The largest absolute Gasteiger partial charge is 0.447 e. The number of amides is 1. The average Bonchev–Trinajstić information content (AvgIpc) is 2.92. The second-order valence-electron chi connectivity index (χ2n) is 5.18. The molecule has 0 aliphatic carbocycles. The summed E-state index contributed by atoms with van der Waals surface area (Å²) < 4.78 is 5.24. The van der Waals surface area contributed by atoms with E-state index in [0.29, 0.717) is 6.61 Å². The molecule has 0 spiro atoms. The molecule has 0 bridgehead atoms. The molecule has 1 heterocycles. The molecule has 1 aliphatic heterocycles. The second kappa shape index (κ2) is 6.33. The van der Waals surface area contributed by atoms with Crippen molar-refractivity contribution in [1.29, 1.82) is 0 Å². The molecule has 110 valence electrons. The van der Waals surface area contributed by atoms with E-state index < -0.39 is 0 Å². The van der Waals surface area contributed by atoms with Gasteiger partial charge in [0.2, 0.25) is 0 Å². The van der Waals surface area contributed by atoms with Gasteiger partial charge in [-0.1, -0.05) is 67.2 Å². The molecular formula is C19H17NO2. The SMILES string of the molecule is C=C=CN1C(=O)OCC1C(c1ccccc1)c1ccccc1. The number of carbonyl (C=O) groups is 1. The Balaban J connectivity index is 2.06. The molecule has 1 atom stereocenters. The standard InChI is InChI=1S/C19H17NO2/c1-2-13-20-17(14-22-19(20)21)18(15-9-5-3-6-10-15)16-11-7-4-8-12-16/h3-13,17-18H,1,14H2. The molecule has 0 radical (unpaired) electrons. The summed E-state index contributed by atoms with van der Waals surface area (Å²) in [5.74, 6) is 0.0402. The van der Waals surface area contributed by atoms with Gasteiger partial charge in [0.25, 0.3) is 0 Å². The van der Waals surface area contributed by atoms with Crippen LogP contribution in [0.2, 0.25) is 0 Å². The van der Waals surface area contributed by atoms with Gasteiger partial charge in [-0.2, -0.15) is 0 Å². The maximum absolute atomic E-state index is 11.9. The van der Waals surface area contributed by atoms with E-state index in [0.717, 1.165) is 11.1 Å². The minimum atomic E-state index is -0.349. The van der Waals surface area contributed by atoms with Gasteiger partial charge < -0.3 is 4.74 Å². The molecule has 0 N–H and O–H groups in total. The second-order valence-corrected chi connectivity index (χ2v) is 5.18. The number of cyclic esters (lactones) is 1. The molecule has 1 unspecified atom stereocenters. The van der Waals surface area contributed by atoms with Crippen molar-refractivity contribution < 1.29 is 9.53 Å². The van der Waals surface area contributed by atoms with E-state index in [1.54, 1.807) is 11.1 Å². The molecule has 2 aromatic rings. The highest BCUT2D eigenvalue weighted by molar-refractivity contribution is 5.72. The lowest BCUT2D eigenvalue weighted by Gasteiger charge is -2.27. The van der Waals surface area contributed by atoms with Gasteiger partial charge in [-0.05, 0) is 11.1 Å². The smallest absolute Gasteiger partial charge is 0.414 e. The lowest BCUT2D eigenvalue weighted by Crippen LogP contribution is -2.34. The Bertz CT molecular complexity index is 650. The van der Waals surface area contributed by atoms with E-state index in [9.17, 15) is 4.79 Å². The molecule has 3 nitrogen and oxygen atoms in total. The molecule has 3 heteroatoms. The third kappa shape index (κ3) is 2.67. The first-order valence-electron chi connectivity index (χ1n) is 7.22. The number of hydrogen-bond donors (Lipinski definition) is 0. The lowest BCUT2D eigenvalue weighted by molar-refractivity contribution is 0.166. The molecular weight excluding hydrogens is 274 g/mol. The lowest BCUT2D eigenvalue weighted by atomic mass is 9.85. The zero-order valence-electron chi connectivity index (χ0n) is 12.2. The van der Waals surface area contributed by atoms with Gasteiger partial charge in [0.05, 0.1) is 12.2 Å². The van der Waals surface area contributed by atoms with Gasteiger partial charge in [0.15, 0.2) is 0 Å². The first-order valence-corrected chi connectivity index (χ1v) is 7.22. The zero-order valence-corrected chi connectivity index (χ0v) is 12.2. The summed E-state index contributed by atoms with van der Waals surface area (Å²) in [6, 6.07) is 20.2. The van der Waals surface area contributed by atoms with Crippen LogP contribution < -0.4 is 0 Å². The summed E-state index contributed by atoms with van der Waals surface area (Å²) in [5.41, 5.74) is 4.98. The number of hydrogen-bond acceptors (Lipinski definition) is 2. The van der Waals surface area contributed by atoms with Crippen molar-refractivity contribution in [1.82, 2.24) is 4.90 Å². The maximum atomic E-state index is 11.9. The van der Waals surface area contributed by atoms with Crippen LogP contribution in [0.25, 0.3) is 0 Å². The number of benzene rings is 2. The number of nitrogens with zero attached hydrogens (tertiary/aromatic N) is 1. The quantitative estimate of drug-likeness (QED) is 0.799. The first kappa shape index (κ1) is 14.2. The van der Waals surface area contributed by atoms with Crippen LogP contribution >= 0.6 is 0 Å². The van der Waals surface area contributed by atoms with Gasteiger partial charge in [-0.25, -0.2) is 4.79 Å². The number of ether oxygens (including phenoxy) is 1. The Morgan fingerprint density at radius 1 is 1.09 bits per heavy atom. The van der Waals surface area contributed by atoms with Crippen molar-refractivity contribution in [2.45, 2.75) is 12.0 Å². The summed E-state index contributed by atoms with van der Waals surface area (Å²) in [6.07, 6.45) is 1.22. The molecule has 22 heavy (non-hydrogen) atoms. The van der Waals surface area contributed by atoms with Gasteiger partial charge in [0, 0.05) is 5.92 Å². The first-order chi connectivity index (χ1) is 10.8. The summed E-state index contributed by atoms with van der Waals surface area (Å²) in [6.45, 7) is 3.92. The molecule has 0 saturated carbocycles. The van der Waals surface area contributed by atoms with Crippen molar-refractivity contribution in [3.05, 3.63) is 90.3 Å². The van der Waals surface area contributed by atoms with Gasteiger partial charge in [-0.15, -0.1) is 5.73 Å². The van der Waals surface area contributed by atoms with Crippen LogP contribution in [0, 0.1) is 0 Å². The summed E-state index contributed by atoms with van der Waals surface area (Å²) in [4.78, 5) is 13.5. The number of carbonyl (C=O) groups excluding carboxylic acids is 1. The molecule has 1 aliphatic rings. The van der Waals surface area contributed by atoms with E-state index in [2.05, 4.69) is 36.6 Å². The molecule has 0 aromatic heterocycles. The van der Waals surface area contributed by atoms with Crippen LogP contribution in [0.4, 0.5) is 4.79 Å². The summed E-state index contributed by atoms with van der Waals surface area (Å²) in [5, 5.41) is 0. The van der Waals surface area contributed by atoms with Crippen LogP contribution in [-0.2, 0) is 4.74 Å². The van der Waals surface area contributed by atoms with Gasteiger partial charge in [-0.3, -0.25) is 4.90 Å². The van der Waals surface area contributed by atoms with Crippen LogP contribution in [0.15, 0.2) is 79.2 Å². The van der Waals surface area contributed by atoms with E-state index >= 15 is 0 Å². The van der Waals surface area contributed by atoms with Crippen molar-refractivity contribution in [2.75, 3.05) is 6.61 Å². The third-order valence-corrected chi connectivity index (χ3v) is 3.88. The molecule has 3 rings (SSSR count). The fraction of sp³-hybridized carbons (Fsp3) is 0.158. The highest BCUT2D eigenvalue weighted by atomic mass is 16.6. The monoisotopic (exact) mass is 291 g/mol. The van der Waals surface area contributed by atoms with Crippen molar-refractivity contribution in [3.63, 3.8) is 0 Å². The fourth-order valence-electron chi connectivity index (χ4n) is 2.91. The van der Waals surface area contributed by atoms with Gasteiger partial charge >= 0.3 is 6.09 Å². The third-order valence-electron chi connectivity index (χ3n) is 3.88. The van der Waals surface area contributed by atoms with E-state index in [4.69, 9.17) is 4.74 Å². The molecule has 2 aromatic carbocycles. The molecule has 1 amide bonds.